The number of hydrogen-bond donors (Lipinski definition) is 0. The van der Waals surface area contributed by atoms with Crippen molar-refractivity contribution in [2.24, 2.45) is 0 Å². The van der Waals surface area contributed by atoms with Gasteiger partial charge in [0.05, 0.1) is 0 Å². The van der Waals surface area contributed by atoms with Crippen LogP contribution in [0.3, 0.4) is 0 Å². The van der Waals surface area contributed by atoms with Crippen molar-refractivity contribution in [1.82, 2.24) is 0 Å². The molecule has 0 saturated heterocycles. The van der Waals surface area contributed by atoms with Crippen molar-refractivity contribution in [3.63, 3.8) is 0 Å². The third-order valence-electron chi connectivity index (χ3n) is 1.62. The highest BCUT2D eigenvalue weighted by Gasteiger charge is 1.96. The second kappa shape index (κ2) is 4.93. The van der Waals surface area contributed by atoms with E-state index in [-0.39, 0.29) is 0 Å². The molecule has 0 nitrogen and oxygen atoms in total. The molecule has 0 aliphatic carbocycles. The molecule has 0 unspecified atom stereocenters. The smallest absolute Gasteiger partial charge is 0.0215 e. The normalized spacial score (nSPS) is 10.2. The predicted molar refractivity (Wildman–Crippen MR) is 59.9 cm³/mol. The fourth-order valence-corrected chi connectivity index (χ4v) is 2.22. The molecule has 0 heterocycles. The number of rotatable bonds is 3. The van der Waals surface area contributed by atoms with E-state index in [1.54, 1.807) is 0 Å². The van der Waals surface area contributed by atoms with E-state index in [0.29, 0.717) is 0 Å². The monoisotopic (exact) mass is 244 g/mol. The summed E-state index contributed by atoms with van der Waals surface area (Å²) in [5.74, 6) is 1.20. The Labute approximate surface area is 86.9 Å². The van der Waals surface area contributed by atoms with E-state index in [1.165, 1.54) is 27.1 Å². The Morgan fingerprint density at radius 3 is 2.75 bits per heavy atom. The van der Waals surface area contributed by atoms with Gasteiger partial charge in [-0.1, -0.05) is 28.9 Å². The van der Waals surface area contributed by atoms with Crippen LogP contribution < -0.4 is 0 Å². The molecule has 0 fully saturated rings. The molecule has 1 rings (SSSR count). The van der Waals surface area contributed by atoms with Crippen LogP contribution in [0.25, 0.3) is 0 Å². The van der Waals surface area contributed by atoms with Gasteiger partial charge in [-0.05, 0) is 36.8 Å². The van der Waals surface area contributed by atoms with Crippen LogP contribution in [-0.2, 0) is 0 Å². The summed E-state index contributed by atoms with van der Waals surface area (Å²) in [5.41, 5.74) is 1.30. The van der Waals surface area contributed by atoms with Crippen molar-refractivity contribution >= 4 is 27.7 Å². The van der Waals surface area contributed by atoms with E-state index in [2.05, 4.69) is 48.0 Å². The van der Waals surface area contributed by atoms with Gasteiger partial charge in [0, 0.05) is 9.37 Å². The van der Waals surface area contributed by atoms with Crippen LogP contribution in [0.15, 0.2) is 27.6 Å². The number of hydrogen-bond acceptors (Lipinski definition) is 1. The van der Waals surface area contributed by atoms with Crippen LogP contribution in [0, 0.1) is 6.92 Å². The first kappa shape index (κ1) is 10.1. The van der Waals surface area contributed by atoms with E-state index in [1.807, 2.05) is 11.8 Å². The third kappa shape index (κ3) is 2.83. The van der Waals surface area contributed by atoms with E-state index >= 15 is 0 Å². The van der Waals surface area contributed by atoms with E-state index in [4.69, 9.17) is 0 Å². The Balaban J connectivity index is 2.69. The zero-order chi connectivity index (χ0) is 8.97. The number of thioether (sulfide) groups is 1. The lowest BCUT2D eigenvalue weighted by Gasteiger charge is -2.02. The molecule has 0 aliphatic heterocycles. The summed E-state index contributed by atoms with van der Waals surface area (Å²) in [4.78, 5) is 1.36. The Morgan fingerprint density at radius 1 is 1.42 bits per heavy atom. The summed E-state index contributed by atoms with van der Waals surface area (Å²) in [6, 6.07) is 6.53. The van der Waals surface area contributed by atoms with Crippen LogP contribution in [-0.4, -0.2) is 5.75 Å². The van der Waals surface area contributed by atoms with Gasteiger partial charge in [-0.15, -0.1) is 11.8 Å². The predicted octanol–water partition coefficient (Wildman–Crippen LogP) is 4.26. The SMILES string of the molecule is CCCSc1ccc(C)c(Br)c1. The van der Waals surface area contributed by atoms with Gasteiger partial charge in [0.1, 0.15) is 0 Å². The molecule has 0 atom stereocenters. The van der Waals surface area contributed by atoms with Crippen molar-refractivity contribution in [3.8, 4) is 0 Å². The molecule has 0 bridgehead atoms. The first-order valence-corrected chi connectivity index (χ1v) is 5.91. The topological polar surface area (TPSA) is 0 Å². The van der Waals surface area contributed by atoms with Crippen molar-refractivity contribution in [2.45, 2.75) is 25.2 Å². The lowest BCUT2D eigenvalue weighted by Crippen LogP contribution is -1.79. The average Bonchev–Trinajstić information content (AvgIpc) is 2.07. The highest BCUT2D eigenvalue weighted by Crippen LogP contribution is 2.24. The molecule has 12 heavy (non-hydrogen) atoms. The molecule has 0 saturated carbocycles. The minimum absolute atomic E-state index is 1.20. The molecule has 1 aromatic carbocycles. The van der Waals surface area contributed by atoms with Crippen LogP contribution in [0.4, 0.5) is 0 Å². The maximum Gasteiger partial charge on any atom is 0.0215 e. The molecule has 0 spiro atoms. The zero-order valence-corrected chi connectivity index (χ0v) is 9.83. The summed E-state index contributed by atoms with van der Waals surface area (Å²) in [7, 11) is 0. The first-order valence-electron chi connectivity index (χ1n) is 4.13. The lowest BCUT2D eigenvalue weighted by molar-refractivity contribution is 1.10. The zero-order valence-electron chi connectivity index (χ0n) is 7.43. The standard InChI is InChI=1S/C10H13BrS/c1-3-6-12-9-5-4-8(2)10(11)7-9/h4-5,7H,3,6H2,1-2H3. The van der Waals surface area contributed by atoms with Crippen molar-refractivity contribution in [2.75, 3.05) is 5.75 Å². The van der Waals surface area contributed by atoms with Crippen molar-refractivity contribution in [3.05, 3.63) is 28.2 Å². The Bertz CT molecular complexity index is 258. The van der Waals surface area contributed by atoms with Gasteiger partial charge >= 0.3 is 0 Å². The van der Waals surface area contributed by atoms with Crippen LogP contribution in [0.1, 0.15) is 18.9 Å². The average molecular weight is 245 g/mol. The summed E-state index contributed by atoms with van der Waals surface area (Å²) in [5, 5.41) is 0. The molecule has 0 radical (unpaired) electrons. The molecular weight excluding hydrogens is 232 g/mol. The summed E-state index contributed by atoms with van der Waals surface area (Å²) in [6.45, 7) is 4.31. The van der Waals surface area contributed by atoms with Crippen molar-refractivity contribution in [1.29, 1.82) is 0 Å². The molecule has 0 N–H and O–H groups in total. The van der Waals surface area contributed by atoms with E-state index in [0.717, 1.165) is 0 Å². The van der Waals surface area contributed by atoms with Gasteiger partial charge in [0.25, 0.3) is 0 Å². The number of halogens is 1. The fraction of sp³-hybridized carbons (Fsp3) is 0.400. The van der Waals surface area contributed by atoms with E-state index < -0.39 is 0 Å². The molecule has 0 amide bonds. The van der Waals surface area contributed by atoms with Gasteiger partial charge < -0.3 is 0 Å². The highest BCUT2D eigenvalue weighted by molar-refractivity contribution is 9.10. The quantitative estimate of drug-likeness (QED) is 0.717. The molecular formula is C10H13BrS. The van der Waals surface area contributed by atoms with Gasteiger partial charge in [-0.3, -0.25) is 0 Å². The Hall–Kier alpha value is 0.0500. The molecule has 66 valence electrons. The maximum absolute atomic E-state index is 3.52. The second-order valence-electron chi connectivity index (χ2n) is 2.76. The number of aryl methyl sites for hydroxylation is 1. The second-order valence-corrected chi connectivity index (χ2v) is 4.78. The number of benzene rings is 1. The molecule has 0 aliphatic rings. The summed E-state index contributed by atoms with van der Waals surface area (Å²) in [6.07, 6.45) is 1.23. The summed E-state index contributed by atoms with van der Waals surface area (Å²) < 4.78 is 1.21. The third-order valence-corrected chi connectivity index (χ3v) is 3.67. The molecule has 2 heteroatoms. The molecule has 1 aromatic rings. The molecule has 0 aromatic heterocycles. The van der Waals surface area contributed by atoms with Crippen LogP contribution in [0.5, 0.6) is 0 Å². The minimum Gasteiger partial charge on any atom is -0.126 e. The van der Waals surface area contributed by atoms with Crippen LogP contribution in [0.2, 0.25) is 0 Å². The lowest BCUT2D eigenvalue weighted by atomic mass is 10.2. The minimum atomic E-state index is 1.20. The fourth-order valence-electron chi connectivity index (χ4n) is 0.883. The van der Waals surface area contributed by atoms with Gasteiger partial charge in [0.2, 0.25) is 0 Å². The Kier molecular flexibility index (Phi) is 4.16. The first-order chi connectivity index (χ1) is 5.74. The highest BCUT2D eigenvalue weighted by atomic mass is 79.9. The van der Waals surface area contributed by atoms with Crippen molar-refractivity contribution < 1.29 is 0 Å². The van der Waals surface area contributed by atoms with Crippen LogP contribution >= 0.6 is 27.7 Å². The van der Waals surface area contributed by atoms with Gasteiger partial charge in [-0.2, -0.15) is 0 Å². The Morgan fingerprint density at radius 2 is 2.17 bits per heavy atom. The van der Waals surface area contributed by atoms with E-state index in [9.17, 15) is 0 Å². The largest absolute Gasteiger partial charge is 0.126 e. The van der Waals surface area contributed by atoms with Gasteiger partial charge in [-0.25, -0.2) is 0 Å². The maximum atomic E-state index is 3.52. The van der Waals surface area contributed by atoms with Gasteiger partial charge in [0.15, 0.2) is 0 Å². The summed E-state index contributed by atoms with van der Waals surface area (Å²) >= 11 is 5.44.